The predicted octanol–water partition coefficient (Wildman–Crippen LogP) is 0.385. The highest BCUT2D eigenvalue weighted by molar-refractivity contribution is 5.82. The van der Waals surface area contributed by atoms with Gasteiger partial charge in [0.25, 0.3) is 5.09 Å². The van der Waals surface area contributed by atoms with E-state index in [0.717, 1.165) is 19.6 Å². The summed E-state index contributed by atoms with van der Waals surface area (Å²) in [5.41, 5.74) is -0.860. The van der Waals surface area contributed by atoms with Crippen LogP contribution in [0.15, 0.2) is 0 Å². The highest BCUT2D eigenvalue weighted by atomic mass is 16.9. The molecule has 0 aromatic carbocycles. The molecule has 0 saturated carbocycles. The van der Waals surface area contributed by atoms with Crippen LogP contribution in [0.3, 0.4) is 0 Å². The van der Waals surface area contributed by atoms with Gasteiger partial charge >= 0.3 is 0 Å². The van der Waals surface area contributed by atoms with Crippen LogP contribution >= 0.6 is 0 Å². The molecule has 1 heterocycles. The number of carbonyl (C=O) groups is 1. The predicted molar refractivity (Wildman–Crippen MR) is 65.4 cm³/mol. The van der Waals surface area contributed by atoms with E-state index in [9.17, 15) is 14.9 Å². The van der Waals surface area contributed by atoms with Crippen LogP contribution in [0.1, 0.15) is 20.8 Å². The van der Waals surface area contributed by atoms with Crippen LogP contribution < -0.4 is 0 Å². The van der Waals surface area contributed by atoms with Gasteiger partial charge in [-0.25, -0.2) is 0 Å². The third-order valence-electron chi connectivity index (χ3n) is 3.22. The van der Waals surface area contributed by atoms with E-state index < -0.39 is 10.5 Å². The zero-order valence-corrected chi connectivity index (χ0v) is 11.2. The largest absolute Gasteiger partial charge is 0.340 e. The van der Waals surface area contributed by atoms with Gasteiger partial charge in [0, 0.05) is 26.2 Å². The Morgan fingerprint density at radius 1 is 1.33 bits per heavy atom. The number of hydrogen-bond acceptors (Lipinski definition) is 5. The maximum absolute atomic E-state index is 12.2. The maximum Gasteiger partial charge on any atom is 0.294 e. The Kier molecular flexibility index (Phi) is 4.89. The molecule has 0 aliphatic carbocycles. The summed E-state index contributed by atoms with van der Waals surface area (Å²) in [4.78, 5) is 30.8. The van der Waals surface area contributed by atoms with Crippen LogP contribution in [-0.2, 0) is 9.63 Å². The number of nitrogens with zero attached hydrogens (tertiary/aromatic N) is 3. The van der Waals surface area contributed by atoms with E-state index >= 15 is 0 Å². The lowest BCUT2D eigenvalue weighted by Crippen LogP contribution is -2.52. The molecule has 0 unspecified atom stereocenters. The van der Waals surface area contributed by atoms with Gasteiger partial charge in [-0.15, -0.1) is 10.1 Å². The van der Waals surface area contributed by atoms with Crippen LogP contribution in [0.4, 0.5) is 0 Å². The lowest BCUT2D eigenvalue weighted by Gasteiger charge is -2.37. The Morgan fingerprint density at radius 2 is 1.89 bits per heavy atom. The quantitative estimate of drug-likeness (QED) is 0.527. The second-order valence-electron chi connectivity index (χ2n) is 5.11. The topological polar surface area (TPSA) is 75.9 Å². The lowest BCUT2D eigenvalue weighted by atomic mass is 9.92. The first-order chi connectivity index (χ1) is 8.36. The molecule has 7 heteroatoms. The molecule has 1 amide bonds. The fourth-order valence-electron chi connectivity index (χ4n) is 1.97. The number of rotatable bonds is 5. The van der Waals surface area contributed by atoms with Crippen molar-refractivity contribution in [3.63, 3.8) is 0 Å². The maximum atomic E-state index is 12.2. The molecule has 1 aliphatic heterocycles. The van der Waals surface area contributed by atoms with Crippen molar-refractivity contribution in [2.45, 2.75) is 20.8 Å². The number of hydrogen-bond donors (Lipinski definition) is 0. The molecule has 1 fully saturated rings. The molecule has 7 nitrogen and oxygen atoms in total. The van der Waals surface area contributed by atoms with Crippen molar-refractivity contribution in [2.24, 2.45) is 5.41 Å². The lowest BCUT2D eigenvalue weighted by molar-refractivity contribution is -0.760. The average Bonchev–Trinajstić information content (AvgIpc) is 2.36. The van der Waals surface area contributed by atoms with Crippen LogP contribution in [0.25, 0.3) is 0 Å². The molecule has 104 valence electrons. The molecule has 1 rings (SSSR count). The molecule has 1 aliphatic rings. The van der Waals surface area contributed by atoms with E-state index in [1.807, 2.05) is 0 Å². The molecule has 0 aromatic heterocycles. The Hall–Kier alpha value is -1.37. The summed E-state index contributed by atoms with van der Waals surface area (Å²) >= 11 is 0. The summed E-state index contributed by atoms with van der Waals surface area (Å²) in [5.74, 6) is -0.0832. The fraction of sp³-hybridized carbons (Fsp3) is 0.909. The van der Waals surface area contributed by atoms with Gasteiger partial charge in [-0.3, -0.25) is 4.79 Å². The van der Waals surface area contributed by atoms with Crippen molar-refractivity contribution in [1.29, 1.82) is 0 Å². The smallest absolute Gasteiger partial charge is 0.294 e. The summed E-state index contributed by atoms with van der Waals surface area (Å²) < 4.78 is 0. The minimum atomic E-state index is -0.860. The Morgan fingerprint density at radius 3 is 2.33 bits per heavy atom. The van der Waals surface area contributed by atoms with Crippen molar-refractivity contribution >= 4 is 5.91 Å². The molecule has 0 bridgehead atoms. The Balaban J connectivity index is 2.50. The van der Waals surface area contributed by atoms with Gasteiger partial charge in [-0.2, -0.15) is 0 Å². The minimum Gasteiger partial charge on any atom is -0.340 e. The standard InChI is InChI=1S/C11H21N3O4/c1-4-12-5-7-13(8-6-12)10(15)11(2,3)9-18-14(16)17/h4-9H2,1-3H3. The third kappa shape index (κ3) is 3.83. The molecular weight excluding hydrogens is 238 g/mol. The first-order valence-electron chi connectivity index (χ1n) is 6.16. The van der Waals surface area contributed by atoms with Crippen molar-refractivity contribution < 1.29 is 14.7 Å². The van der Waals surface area contributed by atoms with E-state index in [2.05, 4.69) is 16.7 Å². The van der Waals surface area contributed by atoms with E-state index in [1.165, 1.54) is 0 Å². The van der Waals surface area contributed by atoms with Crippen molar-refractivity contribution in [2.75, 3.05) is 39.3 Å². The van der Waals surface area contributed by atoms with Crippen molar-refractivity contribution in [3.8, 4) is 0 Å². The molecule has 0 N–H and O–H groups in total. The van der Waals surface area contributed by atoms with Crippen LogP contribution in [0.2, 0.25) is 0 Å². The normalized spacial score (nSPS) is 17.6. The molecule has 0 atom stereocenters. The van der Waals surface area contributed by atoms with Gasteiger partial charge in [-0.1, -0.05) is 6.92 Å². The van der Waals surface area contributed by atoms with Gasteiger partial charge in [0.1, 0.15) is 6.61 Å². The van der Waals surface area contributed by atoms with Gasteiger partial charge in [-0.05, 0) is 20.4 Å². The summed E-state index contributed by atoms with van der Waals surface area (Å²) in [7, 11) is 0. The number of carbonyl (C=O) groups excluding carboxylic acids is 1. The van der Waals surface area contributed by atoms with Crippen molar-refractivity contribution in [3.05, 3.63) is 10.1 Å². The summed E-state index contributed by atoms with van der Waals surface area (Å²) in [6.07, 6.45) is 0. The zero-order valence-electron chi connectivity index (χ0n) is 11.2. The third-order valence-corrected chi connectivity index (χ3v) is 3.22. The van der Waals surface area contributed by atoms with Crippen LogP contribution in [-0.4, -0.2) is 60.1 Å². The van der Waals surface area contributed by atoms with Crippen LogP contribution in [0, 0.1) is 15.5 Å². The summed E-state index contributed by atoms with van der Waals surface area (Å²) in [6.45, 7) is 9.27. The van der Waals surface area contributed by atoms with Gasteiger partial charge in [0.2, 0.25) is 5.91 Å². The van der Waals surface area contributed by atoms with Crippen LogP contribution in [0.5, 0.6) is 0 Å². The number of amides is 1. The molecule has 0 radical (unpaired) electrons. The second-order valence-corrected chi connectivity index (χ2v) is 5.11. The molecule has 18 heavy (non-hydrogen) atoms. The fourth-order valence-corrected chi connectivity index (χ4v) is 1.97. The minimum absolute atomic E-state index is 0.0832. The highest BCUT2D eigenvalue weighted by Gasteiger charge is 2.34. The van der Waals surface area contributed by atoms with E-state index in [-0.39, 0.29) is 12.5 Å². The van der Waals surface area contributed by atoms with E-state index in [0.29, 0.717) is 13.1 Å². The van der Waals surface area contributed by atoms with E-state index in [4.69, 9.17) is 0 Å². The SMILES string of the molecule is CCN1CCN(C(=O)C(C)(C)CO[N+](=O)[O-])CC1. The second kappa shape index (κ2) is 5.99. The monoisotopic (exact) mass is 259 g/mol. The number of piperazine rings is 1. The molecule has 0 aromatic rings. The summed E-state index contributed by atoms with van der Waals surface area (Å²) in [6, 6.07) is 0. The molecule has 1 saturated heterocycles. The molecular formula is C11H21N3O4. The zero-order chi connectivity index (χ0) is 13.8. The first kappa shape index (κ1) is 14.7. The first-order valence-corrected chi connectivity index (χ1v) is 6.16. The Labute approximate surface area is 107 Å². The van der Waals surface area contributed by atoms with Gasteiger partial charge in [0.15, 0.2) is 0 Å². The summed E-state index contributed by atoms with van der Waals surface area (Å²) in [5, 5.41) is 9.32. The van der Waals surface area contributed by atoms with Gasteiger partial charge < -0.3 is 14.6 Å². The Bertz CT molecular complexity index is 311. The average molecular weight is 259 g/mol. The molecule has 0 spiro atoms. The van der Waals surface area contributed by atoms with E-state index in [1.54, 1.807) is 18.7 Å². The highest BCUT2D eigenvalue weighted by Crippen LogP contribution is 2.20. The van der Waals surface area contributed by atoms with Gasteiger partial charge in [0.05, 0.1) is 5.41 Å². The number of likely N-dealkylation sites (N-methyl/N-ethyl adjacent to an activating group) is 1. The van der Waals surface area contributed by atoms with Crippen molar-refractivity contribution in [1.82, 2.24) is 9.80 Å².